The topological polar surface area (TPSA) is 113 Å². The van der Waals surface area contributed by atoms with Crippen molar-refractivity contribution in [3.63, 3.8) is 0 Å². The number of phenolic OH excluding ortho intramolecular Hbond substituents is 2. The number of anilines is 1. The number of hydrogen-bond donors (Lipinski definition) is 3. The summed E-state index contributed by atoms with van der Waals surface area (Å²) in [6.07, 6.45) is 0.898. The van der Waals surface area contributed by atoms with Gasteiger partial charge in [0.05, 0.1) is 0 Å². The molecule has 0 atom stereocenters. The summed E-state index contributed by atoms with van der Waals surface area (Å²) in [5.74, 6) is -1.93. The van der Waals surface area contributed by atoms with Crippen LogP contribution in [0.1, 0.15) is 32.7 Å². The van der Waals surface area contributed by atoms with Crippen LogP contribution < -0.4 is 5.32 Å². The number of carbonyl (C=O) groups is 3. The highest BCUT2D eigenvalue weighted by atomic mass is 16.5. The Balaban J connectivity index is 1.67. The van der Waals surface area contributed by atoms with Crippen molar-refractivity contribution in [3.8, 4) is 11.5 Å². The zero-order chi connectivity index (χ0) is 18.0. The minimum atomic E-state index is -0.910. The summed E-state index contributed by atoms with van der Waals surface area (Å²) >= 11 is 0. The van der Waals surface area contributed by atoms with E-state index in [9.17, 15) is 24.6 Å². The molecule has 0 saturated carbocycles. The van der Waals surface area contributed by atoms with Crippen molar-refractivity contribution in [1.29, 1.82) is 0 Å². The molecule has 0 fully saturated rings. The largest absolute Gasteiger partial charge is 0.508 e. The molecule has 3 rings (SSSR count). The number of aromatic hydroxyl groups is 2. The van der Waals surface area contributed by atoms with E-state index in [0.717, 1.165) is 17.7 Å². The zero-order valence-corrected chi connectivity index (χ0v) is 13.1. The number of rotatable bonds is 4. The van der Waals surface area contributed by atoms with Gasteiger partial charge in [0.2, 0.25) is 5.91 Å². The number of Topliss-reactive ketones (excluding diaryl/α,β-unsaturated/α-hetero) is 1. The number of phenols is 2. The Morgan fingerprint density at radius 3 is 2.68 bits per heavy atom. The summed E-state index contributed by atoms with van der Waals surface area (Å²) in [6.45, 7) is -0.501. The summed E-state index contributed by atoms with van der Waals surface area (Å²) in [7, 11) is 0. The second-order valence-electron chi connectivity index (χ2n) is 5.62. The average molecular weight is 341 g/mol. The second-order valence-corrected chi connectivity index (χ2v) is 5.62. The van der Waals surface area contributed by atoms with Gasteiger partial charge in [0.25, 0.3) is 0 Å². The molecule has 7 heteroatoms. The molecule has 1 amide bonds. The highest BCUT2D eigenvalue weighted by Crippen LogP contribution is 2.25. The van der Waals surface area contributed by atoms with Gasteiger partial charge in [-0.2, -0.15) is 0 Å². The molecule has 2 aromatic rings. The van der Waals surface area contributed by atoms with Gasteiger partial charge in [-0.25, -0.2) is 4.79 Å². The molecule has 1 aliphatic heterocycles. The van der Waals surface area contributed by atoms with Crippen LogP contribution in [0.5, 0.6) is 11.5 Å². The van der Waals surface area contributed by atoms with Crippen molar-refractivity contribution in [2.24, 2.45) is 0 Å². The van der Waals surface area contributed by atoms with E-state index in [1.165, 1.54) is 6.07 Å². The normalized spacial score (nSPS) is 12.9. The highest BCUT2D eigenvalue weighted by molar-refractivity contribution is 6.01. The average Bonchev–Trinajstić information content (AvgIpc) is 2.60. The van der Waals surface area contributed by atoms with E-state index in [4.69, 9.17) is 4.74 Å². The lowest BCUT2D eigenvalue weighted by Gasteiger charge is -2.17. The van der Waals surface area contributed by atoms with Gasteiger partial charge in [-0.15, -0.1) is 0 Å². The molecule has 2 aromatic carbocycles. The van der Waals surface area contributed by atoms with Gasteiger partial charge in [0.1, 0.15) is 17.1 Å². The number of ether oxygens (including phenoxy) is 1. The first-order valence-electron chi connectivity index (χ1n) is 7.59. The van der Waals surface area contributed by atoms with Crippen LogP contribution in [0.25, 0.3) is 0 Å². The molecule has 0 bridgehead atoms. The smallest absolute Gasteiger partial charge is 0.342 e. The van der Waals surface area contributed by atoms with Gasteiger partial charge in [0.15, 0.2) is 12.4 Å². The molecule has 0 unspecified atom stereocenters. The minimum Gasteiger partial charge on any atom is -0.508 e. The third kappa shape index (κ3) is 3.60. The third-order valence-corrected chi connectivity index (χ3v) is 3.86. The molecule has 7 nitrogen and oxygen atoms in total. The Hall–Kier alpha value is -3.35. The number of carbonyl (C=O) groups excluding carboxylic acids is 3. The van der Waals surface area contributed by atoms with Crippen molar-refractivity contribution in [1.82, 2.24) is 0 Å². The zero-order valence-electron chi connectivity index (χ0n) is 13.1. The van der Waals surface area contributed by atoms with Gasteiger partial charge in [-0.3, -0.25) is 9.59 Å². The van der Waals surface area contributed by atoms with E-state index in [-0.39, 0.29) is 23.0 Å². The summed E-state index contributed by atoms with van der Waals surface area (Å²) in [5.41, 5.74) is 1.67. The van der Waals surface area contributed by atoms with Crippen molar-refractivity contribution < 1.29 is 29.3 Å². The molecule has 0 aliphatic carbocycles. The SMILES string of the molecule is O=C1CCc2cc(C(=O)COC(=O)c3cc(O)ccc3O)ccc2N1. The van der Waals surface area contributed by atoms with Gasteiger partial charge >= 0.3 is 5.97 Å². The third-order valence-electron chi connectivity index (χ3n) is 3.86. The second kappa shape index (κ2) is 6.64. The lowest BCUT2D eigenvalue weighted by atomic mass is 9.99. The van der Waals surface area contributed by atoms with Crippen LogP contribution in [0.15, 0.2) is 36.4 Å². The number of nitrogens with one attached hydrogen (secondary N) is 1. The van der Waals surface area contributed by atoms with Crippen LogP contribution in [-0.2, 0) is 16.0 Å². The molecule has 0 aromatic heterocycles. The van der Waals surface area contributed by atoms with Crippen LogP contribution in [0.4, 0.5) is 5.69 Å². The van der Waals surface area contributed by atoms with Gasteiger partial charge in [0, 0.05) is 17.7 Å². The molecule has 1 aliphatic rings. The van der Waals surface area contributed by atoms with Crippen molar-refractivity contribution >= 4 is 23.3 Å². The highest BCUT2D eigenvalue weighted by Gasteiger charge is 2.19. The minimum absolute atomic E-state index is 0.0635. The van der Waals surface area contributed by atoms with Gasteiger partial charge < -0.3 is 20.3 Å². The maximum absolute atomic E-state index is 12.2. The van der Waals surface area contributed by atoms with E-state index in [2.05, 4.69) is 5.32 Å². The maximum atomic E-state index is 12.2. The number of fused-ring (bicyclic) bond motifs is 1. The van der Waals surface area contributed by atoms with Crippen molar-refractivity contribution in [2.45, 2.75) is 12.8 Å². The number of benzene rings is 2. The number of aryl methyl sites for hydroxylation is 1. The van der Waals surface area contributed by atoms with E-state index >= 15 is 0 Å². The van der Waals surface area contributed by atoms with Crippen LogP contribution in [0.3, 0.4) is 0 Å². The van der Waals surface area contributed by atoms with E-state index < -0.39 is 18.4 Å². The summed E-state index contributed by atoms with van der Waals surface area (Å²) in [4.78, 5) is 35.5. The van der Waals surface area contributed by atoms with Crippen LogP contribution in [0, 0.1) is 0 Å². The molecule has 0 saturated heterocycles. The Bertz CT molecular complexity index is 874. The number of amides is 1. The standard InChI is InChI=1S/C18H15NO6/c20-12-3-5-15(21)13(8-12)18(24)25-9-16(22)11-1-4-14-10(7-11)2-6-17(23)19-14/h1,3-5,7-8,20-21H,2,6,9H2,(H,19,23). The van der Waals surface area contributed by atoms with E-state index in [1.807, 2.05) is 0 Å². The van der Waals surface area contributed by atoms with Crippen molar-refractivity contribution in [3.05, 3.63) is 53.1 Å². The number of hydrogen-bond acceptors (Lipinski definition) is 6. The first kappa shape index (κ1) is 16.5. The number of ketones is 1. The maximum Gasteiger partial charge on any atom is 0.342 e. The predicted molar refractivity (Wildman–Crippen MR) is 87.8 cm³/mol. The fourth-order valence-corrected chi connectivity index (χ4v) is 2.54. The monoisotopic (exact) mass is 341 g/mol. The first-order valence-corrected chi connectivity index (χ1v) is 7.59. The van der Waals surface area contributed by atoms with E-state index in [1.54, 1.807) is 18.2 Å². The Labute approximate surface area is 142 Å². The van der Waals surface area contributed by atoms with E-state index in [0.29, 0.717) is 24.1 Å². The molecule has 25 heavy (non-hydrogen) atoms. The van der Waals surface area contributed by atoms with Crippen LogP contribution in [-0.4, -0.2) is 34.5 Å². The van der Waals surface area contributed by atoms with Gasteiger partial charge in [-0.05, 0) is 48.4 Å². The Morgan fingerprint density at radius 2 is 1.88 bits per heavy atom. The molecule has 0 radical (unpaired) electrons. The summed E-state index contributed by atoms with van der Waals surface area (Å²) in [5, 5.41) is 21.7. The lowest BCUT2D eigenvalue weighted by Crippen LogP contribution is -2.20. The number of esters is 1. The fraction of sp³-hybridized carbons (Fsp3) is 0.167. The molecular formula is C18H15NO6. The molecule has 128 valence electrons. The molecule has 3 N–H and O–H groups in total. The predicted octanol–water partition coefficient (Wildman–Crippen LogP) is 2.02. The Kier molecular flexibility index (Phi) is 4.38. The van der Waals surface area contributed by atoms with Crippen LogP contribution >= 0.6 is 0 Å². The summed E-state index contributed by atoms with van der Waals surface area (Å²) < 4.78 is 4.91. The van der Waals surface area contributed by atoms with Crippen molar-refractivity contribution in [2.75, 3.05) is 11.9 Å². The lowest BCUT2D eigenvalue weighted by molar-refractivity contribution is -0.116. The molecular weight excluding hydrogens is 326 g/mol. The first-order chi connectivity index (χ1) is 11.9. The molecule has 0 spiro atoms. The Morgan fingerprint density at radius 1 is 1.08 bits per heavy atom. The summed E-state index contributed by atoms with van der Waals surface area (Å²) in [6, 6.07) is 8.30. The van der Waals surface area contributed by atoms with Crippen LogP contribution in [0.2, 0.25) is 0 Å². The fourth-order valence-electron chi connectivity index (χ4n) is 2.54. The quantitative estimate of drug-likeness (QED) is 0.445. The van der Waals surface area contributed by atoms with Gasteiger partial charge in [-0.1, -0.05) is 0 Å². The molecule has 1 heterocycles.